The lowest BCUT2D eigenvalue weighted by atomic mass is 9.88. The van der Waals surface area contributed by atoms with Gasteiger partial charge in [-0.1, -0.05) is 66.7 Å². The molecule has 0 radical (unpaired) electrons. The average Bonchev–Trinajstić information content (AvgIpc) is 2.96. The van der Waals surface area contributed by atoms with Crippen LogP contribution in [0.3, 0.4) is 0 Å². The Bertz CT molecular complexity index is 837. The van der Waals surface area contributed by atoms with Crippen LogP contribution in [0.4, 0.5) is 0 Å². The van der Waals surface area contributed by atoms with Crippen molar-refractivity contribution in [1.29, 1.82) is 0 Å². The summed E-state index contributed by atoms with van der Waals surface area (Å²) in [5.74, 6) is -0.793. The Labute approximate surface area is 152 Å². The monoisotopic (exact) mass is 348 g/mol. The van der Waals surface area contributed by atoms with Gasteiger partial charge in [-0.25, -0.2) is 9.59 Å². The average molecular weight is 348 g/mol. The van der Waals surface area contributed by atoms with Crippen molar-refractivity contribution in [3.05, 3.63) is 90.0 Å². The summed E-state index contributed by atoms with van der Waals surface area (Å²) in [7, 11) is 0. The van der Waals surface area contributed by atoms with E-state index in [1.54, 1.807) is 6.08 Å². The quantitative estimate of drug-likeness (QED) is 0.583. The minimum Gasteiger partial charge on any atom is -0.458 e. The zero-order valence-electron chi connectivity index (χ0n) is 14.6. The van der Waals surface area contributed by atoms with E-state index in [0.29, 0.717) is 6.42 Å². The second-order valence-corrected chi connectivity index (χ2v) is 6.28. The minimum absolute atomic E-state index is 0.228. The van der Waals surface area contributed by atoms with E-state index in [1.165, 1.54) is 12.2 Å². The largest absolute Gasteiger partial charge is 0.458 e. The maximum absolute atomic E-state index is 11.9. The summed E-state index contributed by atoms with van der Waals surface area (Å²) in [4.78, 5) is 23.7. The van der Waals surface area contributed by atoms with Gasteiger partial charge >= 0.3 is 11.9 Å². The summed E-state index contributed by atoms with van der Waals surface area (Å²) >= 11 is 0. The molecule has 0 amide bonds. The third-order valence-corrected chi connectivity index (χ3v) is 4.23. The van der Waals surface area contributed by atoms with Gasteiger partial charge in [-0.2, -0.15) is 0 Å². The Morgan fingerprint density at radius 3 is 2.42 bits per heavy atom. The lowest BCUT2D eigenvalue weighted by Gasteiger charge is -2.25. The van der Waals surface area contributed by atoms with Gasteiger partial charge in [0.05, 0.1) is 0 Å². The number of carbonyl (C=O) groups excluding carboxylic acids is 2. The fraction of sp³-hybridized carbons (Fsp3) is 0.182. The topological polar surface area (TPSA) is 52.6 Å². The molecule has 0 aromatic heterocycles. The third-order valence-electron chi connectivity index (χ3n) is 4.23. The zero-order chi connectivity index (χ0) is 18.4. The molecule has 1 heterocycles. The predicted molar refractivity (Wildman–Crippen MR) is 98.9 cm³/mol. The highest BCUT2D eigenvalue weighted by Crippen LogP contribution is 2.38. The van der Waals surface area contributed by atoms with E-state index in [-0.39, 0.29) is 12.6 Å². The number of hydrogen-bond acceptors (Lipinski definition) is 4. The Hall–Kier alpha value is -3.14. The van der Waals surface area contributed by atoms with E-state index in [2.05, 4.69) is 0 Å². The summed E-state index contributed by atoms with van der Waals surface area (Å²) < 4.78 is 10.7. The molecule has 1 aliphatic heterocycles. The van der Waals surface area contributed by atoms with Crippen molar-refractivity contribution in [1.82, 2.24) is 0 Å². The maximum Gasteiger partial charge on any atom is 0.332 e. The molecule has 2 aromatic rings. The summed E-state index contributed by atoms with van der Waals surface area (Å²) in [5, 5.41) is 0. The molecule has 2 aromatic carbocycles. The van der Waals surface area contributed by atoms with E-state index in [9.17, 15) is 9.59 Å². The third kappa shape index (κ3) is 4.28. The smallest absolute Gasteiger partial charge is 0.332 e. The minimum atomic E-state index is -0.797. The van der Waals surface area contributed by atoms with Crippen molar-refractivity contribution in [2.75, 3.05) is 0 Å². The van der Waals surface area contributed by atoms with Crippen LogP contribution in [-0.4, -0.2) is 17.5 Å². The van der Waals surface area contributed by atoms with Crippen LogP contribution in [0.25, 0.3) is 5.57 Å². The number of carbonyl (C=O) groups is 2. The molecule has 132 valence electrons. The first-order chi connectivity index (χ1) is 12.6. The molecule has 1 atom stereocenters. The molecule has 0 bridgehead atoms. The lowest BCUT2D eigenvalue weighted by molar-refractivity contribution is -0.143. The van der Waals surface area contributed by atoms with Gasteiger partial charge in [0.15, 0.2) is 0 Å². The van der Waals surface area contributed by atoms with Gasteiger partial charge in [0.2, 0.25) is 0 Å². The number of hydrogen-bond donors (Lipinski definition) is 0. The first-order valence-corrected chi connectivity index (χ1v) is 8.45. The van der Waals surface area contributed by atoms with Crippen molar-refractivity contribution in [2.45, 2.75) is 25.6 Å². The molecule has 4 nitrogen and oxygen atoms in total. The van der Waals surface area contributed by atoms with Crippen molar-refractivity contribution in [2.24, 2.45) is 0 Å². The van der Waals surface area contributed by atoms with Gasteiger partial charge in [0, 0.05) is 24.1 Å². The van der Waals surface area contributed by atoms with E-state index < -0.39 is 11.6 Å². The van der Waals surface area contributed by atoms with Crippen molar-refractivity contribution < 1.29 is 19.1 Å². The summed E-state index contributed by atoms with van der Waals surface area (Å²) in [5.41, 5.74) is 1.88. The van der Waals surface area contributed by atoms with Gasteiger partial charge in [-0.15, -0.1) is 0 Å². The zero-order valence-corrected chi connectivity index (χ0v) is 14.6. The maximum atomic E-state index is 11.9. The van der Waals surface area contributed by atoms with Crippen LogP contribution in [0.2, 0.25) is 0 Å². The number of ether oxygens (including phenoxy) is 2. The summed E-state index contributed by atoms with van der Waals surface area (Å²) in [6.07, 6.45) is 4.96. The first-order valence-electron chi connectivity index (χ1n) is 8.45. The van der Waals surface area contributed by atoms with Crippen LogP contribution >= 0.6 is 0 Å². The molecule has 26 heavy (non-hydrogen) atoms. The molecule has 0 spiro atoms. The van der Waals surface area contributed by atoms with Crippen LogP contribution in [0, 0.1) is 0 Å². The molecule has 1 aliphatic rings. The number of rotatable bonds is 6. The SMILES string of the molecule is C[C@@]1(C/C=C/C(=O)OCc2ccccc2)OC(=O)C=C1c1ccccc1. The summed E-state index contributed by atoms with van der Waals surface area (Å²) in [6, 6.07) is 19.1. The molecule has 4 heteroatoms. The molecule has 0 aliphatic carbocycles. The fourth-order valence-electron chi connectivity index (χ4n) is 2.89. The van der Waals surface area contributed by atoms with Gasteiger partial charge in [-0.3, -0.25) is 0 Å². The van der Waals surface area contributed by atoms with E-state index >= 15 is 0 Å². The Morgan fingerprint density at radius 2 is 1.73 bits per heavy atom. The van der Waals surface area contributed by atoms with Crippen LogP contribution in [0.1, 0.15) is 24.5 Å². The molecule has 0 unspecified atom stereocenters. The van der Waals surface area contributed by atoms with Crippen molar-refractivity contribution in [3.8, 4) is 0 Å². The molecule has 3 rings (SSSR count). The highest BCUT2D eigenvalue weighted by molar-refractivity contribution is 5.98. The molecule has 0 N–H and O–H groups in total. The fourth-order valence-corrected chi connectivity index (χ4v) is 2.89. The van der Waals surface area contributed by atoms with Gasteiger partial charge < -0.3 is 9.47 Å². The first kappa shape index (κ1) is 17.7. The van der Waals surface area contributed by atoms with Crippen LogP contribution in [0.5, 0.6) is 0 Å². The standard InChI is InChI=1S/C22H20O4/c1-22(19(15-21(24)26-22)18-11-6-3-7-12-18)14-8-13-20(23)25-16-17-9-4-2-5-10-17/h2-13,15H,14,16H2,1H3/b13-8+/t22-/m0/s1. The van der Waals surface area contributed by atoms with E-state index in [0.717, 1.165) is 16.7 Å². The Morgan fingerprint density at radius 1 is 1.08 bits per heavy atom. The summed E-state index contributed by atoms with van der Waals surface area (Å²) in [6.45, 7) is 2.07. The van der Waals surface area contributed by atoms with Gasteiger partial charge in [0.25, 0.3) is 0 Å². The predicted octanol–water partition coefficient (Wildman–Crippen LogP) is 4.08. The number of cyclic esters (lactones) is 1. The van der Waals surface area contributed by atoms with Crippen LogP contribution < -0.4 is 0 Å². The second kappa shape index (κ2) is 7.83. The van der Waals surface area contributed by atoms with E-state index in [1.807, 2.05) is 67.6 Å². The Kier molecular flexibility index (Phi) is 5.32. The van der Waals surface area contributed by atoms with Crippen LogP contribution in [-0.2, 0) is 25.7 Å². The Balaban J connectivity index is 1.60. The number of benzene rings is 2. The number of esters is 2. The highest BCUT2D eigenvalue weighted by Gasteiger charge is 2.38. The molecule has 0 saturated heterocycles. The van der Waals surface area contributed by atoms with Gasteiger partial charge in [0.1, 0.15) is 12.2 Å². The molecular weight excluding hydrogens is 328 g/mol. The second-order valence-electron chi connectivity index (χ2n) is 6.28. The van der Waals surface area contributed by atoms with Crippen molar-refractivity contribution in [3.63, 3.8) is 0 Å². The molecular formula is C22H20O4. The normalized spacial score (nSPS) is 19.3. The molecule has 0 fully saturated rings. The van der Waals surface area contributed by atoms with Crippen LogP contribution in [0.15, 0.2) is 78.9 Å². The van der Waals surface area contributed by atoms with Gasteiger partial charge in [-0.05, 0) is 18.1 Å². The highest BCUT2D eigenvalue weighted by atomic mass is 16.6. The van der Waals surface area contributed by atoms with Crippen molar-refractivity contribution >= 4 is 17.5 Å². The molecule has 0 saturated carbocycles. The lowest BCUT2D eigenvalue weighted by Crippen LogP contribution is -2.26. The van der Waals surface area contributed by atoms with E-state index in [4.69, 9.17) is 9.47 Å².